The molecule has 0 aromatic heterocycles. The summed E-state index contributed by atoms with van der Waals surface area (Å²) in [6.45, 7) is -3.00. The molecule has 5 nitrogen and oxygen atoms in total. The average Bonchev–Trinajstić information content (AvgIpc) is 2.30. The SMILES string of the molecule is O=C(O)CN(CC(F)(F)F)C(=O)Nc1ccc(F)c(F)c1. The topological polar surface area (TPSA) is 69.6 Å². The van der Waals surface area contributed by atoms with Crippen molar-refractivity contribution in [3.63, 3.8) is 0 Å². The van der Waals surface area contributed by atoms with Crippen LogP contribution in [0.4, 0.5) is 32.4 Å². The van der Waals surface area contributed by atoms with Crippen molar-refractivity contribution in [2.24, 2.45) is 0 Å². The molecular weight excluding hydrogens is 303 g/mol. The number of alkyl halides is 3. The van der Waals surface area contributed by atoms with E-state index in [9.17, 15) is 31.5 Å². The number of halogens is 5. The van der Waals surface area contributed by atoms with Gasteiger partial charge in [-0.2, -0.15) is 13.2 Å². The fraction of sp³-hybridized carbons (Fsp3) is 0.273. The van der Waals surface area contributed by atoms with Crippen molar-refractivity contribution in [1.82, 2.24) is 4.90 Å². The molecule has 2 amide bonds. The van der Waals surface area contributed by atoms with E-state index >= 15 is 0 Å². The molecule has 0 aliphatic heterocycles. The first-order valence-electron chi connectivity index (χ1n) is 5.38. The highest BCUT2D eigenvalue weighted by atomic mass is 19.4. The molecular formula is C11H9F5N2O3. The van der Waals surface area contributed by atoms with Crippen molar-refractivity contribution in [3.8, 4) is 0 Å². The van der Waals surface area contributed by atoms with Crippen LogP contribution in [0.2, 0.25) is 0 Å². The summed E-state index contributed by atoms with van der Waals surface area (Å²) in [4.78, 5) is 22.0. The van der Waals surface area contributed by atoms with Crippen molar-refractivity contribution < 1.29 is 36.6 Å². The normalized spacial score (nSPS) is 11.1. The molecule has 10 heteroatoms. The summed E-state index contributed by atoms with van der Waals surface area (Å²) in [7, 11) is 0. The van der Waals surface area contributed by atoms with Gasteiger partial charge < -0.3 is 15.3 Å². The molecule has 0 unspecified atom stereocenters. The van der Waals surface area contributed by atoms with Crippen LogP contribution in [0.1, 0.15) is 0 Å². The van der Waals surface area contributed by atoms with Crippen LogP contribution < -0.4 is 5.32 Å². The Morgan fingerprint density at radius 2 is 1.81 bits per heavy atom. The number of carboxylic acids is 1. The molecule has 1 rings (SSSR count). The van der Waals surface area contributed by atoms with Crippen LogP contribution >= 0.6 is 0 Å². The van der Waals surface area contributed by atoms with Crippen LogP contribution in [0.3, 0.4) is 0 Å². The molecule has 0 fully saturated rings. The van der Waals surface area contributed by atoms with E-state index in [-0.39, 0.29) is 10.6 Å². The molecule has 21 heavy (non-hydrogen) atoms. The van der Waals surface area contributed by atoms with E-state index in [1.54, 1.807) is 0 Å². The zero-order valence-electron chi connectivity index (χ0n) is 10.2. The zero-order chi connectivity index (χ0) is 16.2. The molecule has 2 N–H and O–H groups in total. The number of hydrogen-bond acceptors (Lipinski definition) is 2. The van der Waals surface area contributed by atoms with Gasteiger partial charge in [0.2, 0.25) is 0 Å². The first kappa shape index (κ1) is 16.7. The summed E-state index contributed by atoms with van der Waals surface area (Å²) in [5.41, 5.74) is -0.309. The van der Waals surface area contributed by atoms with Gasteiger partial charge in [0.25, 0.3) is 0 Å². The van der Waals surface area contributed by atoms with Gasteiger partial charge in [0.15, 0.2) is 11.6 Å². The number of aliphatic carboxylic acids is 1. The molecule has 0 spiro atoms. The van der Waals surface area contributed by atoms with Gasteiger partial charge in [0.1, 0.15) is 13.1 Å². The lowest BCUT2D eigenvalue weighted by Gasteiger charge is -2.22. The summed E-state index contributed by atoms with van der Waals surface area (Å²) < 4.78 is 62.3. The van der Waals surface area contributed by atoms with Crippen LogP contribution in [0.25, 0.3) is 0 Å². The third-order valence-electron chi connectivity index (χ3n) is 2.15. The Morgan fingerprint density at radius 3 is 2.29 bits per heavy atom. The summed E-state index contributed by atoms with van der Waals surface area (Å²) in [6, 6.07) is 0.736. The number of carboxylic acid groups (broad SMARTS) is 1. The highest BCUT2D eigenvalue weighted by Crippen LogP contribution is 2.18. The molecule has 0 saturated carbocycles. The Kier molecular flexibility index (Phi) is 5.06. The maximum atomic E-state index is 12.9. The smallest absolute Gasteiger partial charge is 0.406 e. The van der Waals surface area contributed by atoms with E-state index in [0.29, 0.717) is 12.1 Å². The van der Waals surface area contributed by atoms with Crippen LogP contribution in [-0.4, -0.2) is 41.3 Å². The lowest BCUT2D eigenvalue weighted by Crippen LogP contribution is -2.44. The standard InChI is InChI=1S/C11H9F5N2O3/c12-7-2-1-6(3-8(7)13)17-10(21)18(4-9(19)20)5-11(14,15)16/h1-3H,4-5H2,(H,17,21)(H,19,20). The average molecular weight is 312 g/mol. The van der Waals surface area contributed by atoms with Crippen molar-refractivity contribution >= 4 is 17.7 Å². The minimum absolute atomic E-state index is 0.0242. The number of benzene rings is 1. The minimum Gasteiger partial charge on any atom is -0.480 e. The Bertz CT molecular complexity index is 547. The highest BCUT2D eigenvalue weighted by molar-refractivity contribution is 5.91. The predicted molar refractivity (Wildman–Crippen MR) is 60.6 cm³/mol. The Morgan fingerprint density at radius 1 is 1.19 bits per heavy atom. The monoisotopic (exact) mass is 312 g/mol. The van der Waals surface area contributed by atoms with Crippen LogP contribution in [0.15, 0.2) is 18.2 Å². The third kappa shape index (κ3) is 5.63. The number of carbonyl (C=O) groups excluding carboxylic acids is 1. The summed E-state index contributed by atoms with van der Waals surface area (Å²) in [5, 5.41) is 10.3. The summed E-state index contributed by atoms with van der Waals surface area (Å²) in [6.07, 6.45) is -4.80. The molecule has 0 heterocycles. The second kappa shape index (κ2) is 6.37. The van der Waals surface area contributed by atoms with E-state index < -0.39 is 42.9 Å². The van der Waals surface area contributed by atoms with E-state index in [4.69, 9.17) is 5.11 Å². The minimum atomic E-state index is -4.80. The fourth-order valence-electron chi connectivity index (χ4n) is 1.36. The second-order valence-corrected chi connectivity index (χ2v) is 3.92. The van der Waals surface area contributed by atoms with E-state index in [2.05, 4.69) is 0 Å². The Hall–Kier alpha value is -2.39. The number of nitrogens with zero attached hydrogens (tertiary/aromatic N) is 1. The quantitative estimate of drug-likeness (QED) is 0.839. The lowest BCUT2D eigenvalue weighted by molar-refractivity contribution is -0.148. The molecule has 1 aromatic carbocycles. The van der Waals surface area contributed by atoms with Crippen molar-refractivity contribution in [2.75, 3.05) is 18.4 Å². The van der Waals surface area contributed by atoms with Crippen LogP contribution in [0, 0.1) is 11.6 Å². The van der Waals surface area contributed by atoms with Gasteiger partial charge in [0.05, 0.1) is 0 Å². The molecule has 0 aliphatic rings. The number of amides is 2. The Labute approximate surface area is 115 Å². The maximum Gasteiger partial charge on any atom is 0.406 e. The molecule has 0 radical (unpaired) electrons. The number of anilines is 1. The van der Waals surface area contributed by atoms with Crippen molar-refractivity contribution in [2.45, 2.75) is 6.18 Å². The summed E-state index contributed by atoms with van der Waals surface area (Å²) in [5.74, 6) is -4.17. The van der Waals surface area contributed by atoms with E-state index in [0.717, 1.165) is 6.07 Å². The molecule has 0 saturated heterocycles. The van der Waals surface area contributed by atoms with Crippen LogP contribution in [0.5, 0.6) is 0 Å². The van der Waals surface area contributed by atoms with E-state index in [1.807, 2.05) is 5.32 Å². The first-order valence-corrected chi connectivity index (χ1v) is 5.38. The number of carbonyl (C=O) groups is 2. The Balaban J connectivity index is 2.84. The van der Waals surface area contributed by atoms with Crippen molar-refractivity contribution in [3.05, 3.63) is 29.8 Å². The predicted octanol–water partition coefficient (Wildman–Crippen LogP) is 2.45. The number of urea groups is 1. The lowest BCUT2D eigenvalue weighted by atomic mass is 10.3. The number of nitrogens with one attached hydrogen (secondary N) is 1. The van der Waals surface area contributed by atoms with E-state index in [1.165, 1.54) is 0 Å². The van der Waals surface area contributed by atoms with Gasteiger partial charge in [-0.1, -0.05) is 0 Å². The van der Waals surface area contributed by atoms with Crippen LogP contribution in [-0.2, 0) is 4.79 Å². The fourth-order valence-corrected chi connectivity index (χ4v) is 1.36. The largest absolute Gasteiger partial charge is 0.480 e. The number of rotatable bonds is 4. The zero-order valence-corrected chi connectivity index (χ0v) is 10.2. The summed E-state index contributed by atoms with van der Waals surface area (Å²) >= 11 is 0. The van der Waals surface area contributed by atoms with Gasteiger partial charge in [-0.25, -0.2) is 13.6 Å². The highest BCUT2D eigenvalue weighted by Gasteiger charge is 2.34. The van der Waals surface area contributed by atoms with Gasteiger partial charge >= 0.3 is 18.2 Å². The molecule has 1 aromatic rings. The maximum absolute atomic E-state index is 12.9. The second-order valence-electron chi connectivity index (χ2n) is 3.92. The first-order chi connectivity index (χ1) is 9.58. The van der Waals surface area contributed by atoms with Gasteiger partial charge in [0, 0.05) is 11.8 Å². The number of hydrogen-bond donors (Lipinski definition) is 2. The third-order valence-corrected chi connectivity index (χ3v) is 2.15. The molecule has 116 valence electrons. The van der Waals surface area contributed by atoms with Gasteiger partial charge in [-0.15, -0.1) is 0 Å². The molecule has 0 aliphatic carbocycles. The van der Waals surface area contributed by atoms with Gasteiger partial charge in [-0.3, -0.25) is 4.79 Å². The van der Waals surface area contributed by atoms with Crippen molar-refractivity contribution in [1.29, 1.82) is 0 Å². The molecule has 0 atom stereocenters. The van der Waals surface area contributed by atoms with Gasteiger partial charge in [-0.05, 0) is 12.1 Å². The molecule has 0 bridgehead atoms.